The number of amides is 1. The van der Waals surface area contributed by atoms with E-state index in [0.717, 1.165) is 30.3 Å². The monoisotopic (exact) mass is 326 g/mol. The maximum absolute atomic E-state index is 12.5. The molecular formula is C15H23BrN2O. The highest BCUT2D eigenvalue weighted by Gasteiger charge is 2.18. The number of rotatable bonds is 6. The van der Waals surface area contributed by atoms with Crippen molar-refractivity contribution in [2.24, 2.45) is 0 Å². The van der Waals surface area contributed by atoms with Gasteiger partial charge in [0.25, 0.3) is 5.91 Å². The third-order valence-corrected chi connectivity index (χ3v) is 3.82. The number of hydrogen-bond donors (Lipinski definition) is 1. The van der Waals surface area contributed by atoms with Crippen LogP contribution in [0.15, 0.2) is 22.7 Å². The normalized spacial score (nSPS) is 10.8. The third-order valence-electron chi connectivity index (χ3n) is 3.13. The number of carbonyl (C=O) groups is 1. The Labute approximate surface area is 124 Å². The Morgan fingerprint density at radius 1 is 1.37 bits per heavy atom. The number of hydrogen-bond acceptors (Lipinski definition) is 2. The lowest BCUT2D eigenvalue weighted by Gasteiger charge is -2.27. The number of anilines is 1. The van der Waals surface area contributed by atoms with Gasteiger partial charge >= 0.3 is 0 Å². The maximum atomic E-state index is 12.5. The predicted molar refractivity (Wildman–Crippen MR) is 84.3 cm³/mol. The first-order chi connectivity index (χ1) is 8.97. The highest BCUT2D eigenvalue weighted by Crippen LogP contribution is 2.22. The molecule has 1 amide bonds. The van der Waals surface area contributed by atoms with Gasteiger partial charge in [0, 0.05) is 28.3 Å². The molecule has 19 heavy (non-hydrogen) atoms. The Kier molecular flexibility index (Phi) is 6.35. The summed E-state index contributed by atoms with van der Waals surface area (Å²) in [6.45, 7) is 7.08. The molecule has 106 valence electrons. The molecule has 0 bridgehead atoms. The highest BCUT2D eigenvalue weighted by atomic mass is 79.9. The van der Waals surface area contributed by atoms with Crippen LogP contribution in [0, 0.1) is 0 Å². The molecule has 1 aromatic carbocycles. The topological polar surface area (TPSA) is 46.3 Å². The predicted octanol–water partition coefficient (Wildman–Crippen LogP) is 4.07. The van der Waals surface area contributed by atoms with Crippen molar-refractivity contribution in [3.05, 3.63) is 28.2 Å². The summed E-state index contributed by atoms with van der Waals surface area (Å²) >= 11 is 3.37. The minimum absolute atomic E-state index is 0.0757. The molecule has 1 aromatic rings. The standard InChI is InChI=1S/C15H23BrN2O/c1-4-5-6-9-18(11(2)3)15(19)12-7-8-14(17)13(16)10-12/h7-8,10-11H,4-6,9,17H2,1-3H3. The number of halogens is 1. The van der Waals surface area contributed by atoms with Crippen molar-refractivity contribution in [1.29, 1.82) is 0 Å². The number of nitrogen functional groups attached to an aromatic ring is 1. The van der Waals surface area contributed by atoms with E-state index in [1.54, 1.807) is 18.2 Å². The third kappa shape index (κ3) is 4.53. The summed E-state index contributed by atoms with van der Waals surface area (Å²) in [6.07, 6.45) is 3.37. The second-order valence-electron chi connectivity index (χ2n) is 5.04. The molecule has 0 aliphatic carbocycles. The molecule has 0 fully saturated rings. The molecule has 2 N–H and O–H groups in total. The molecule has 1 rings (SSSR count). The minimum atomic E-state index is 0.0757. The van der Waals surface area contributed by atoms with Crippen molar-refractivity contribution in [3.63, 3.8) is 0 Å². The van der Waals surface area contributed by atoms with E-state index in [1.807, 2.05) is 4.90 Å². The molecule has 0 atom stereocenters. The average Bonchev–Trinajstić information content (AvgIpc) is 2.37. The lowest BCUT2D eigenvalue weighted by atomic mass is 10.1. The maximum Gasteiger partial charge on any atom is 0.254 e. The van der Waals surface area contributed by atoms with Gasteiger partial charge < -0.3 is 10.6 Å². The van der Waals surface area contributed by atoms with Gasteiger partial charge in [0.15, 0.2) is 0 Å². The van der Waals surface area contributed by atoms with E-state index >= 15 is 0 Å². The van der Waals surface area contributed by atoms with E-state index in [1.165, 1.54) is 0 Å². The Hall–Kier alpha value is -1.03. The summed E-state index contributed by atoms with van der Waals surface area (Å²) in [5.74, 6) is 0.0757. The van der Waals surface area contributed by atoms with E-state index in [0.29, 0.717) is 11.3 Å². The van der Waals surface area contributed by atoms with Crippen LogP contribution in [0.3, 0.4) is 0 Å². The summed E-state index contributed by atoms with van der Waals surface area (Å²) < 4.78 is 0.774. The largest absolute Gasteiger partial charge is 0.398 e. The van der Waals surface area contributed by atoms with Crippen molar-refractivity contribution in [2.75, 3.05) is 12.3 Å². The molecule has 0 spiro atoms. The molecule has 0 heterocycles. The van der Waals surface area contributed by atoms with Gasteiger partial charge in [0.2, 0.25) is 0 Å². The number of unbranched alkanes of at least 4 members (excludes halogenated alkanes) is 2. The summed E-state index contributed by atoms with van der Waals surface area (Å²) in [6, 6.07) is 5.56. The fraction of sp³-hybridized carbons (Fsp3) is 0.533. The SMILES string of the molecule is CCCCCN(C(=O)c1ccc(N)c(Br)c1)C(C)C. The fourth-order valence-corrected chi connectivity index (χ4v) is 2.33. The van der Waals surface area contributed by atoms with Crippen molar-refractivity contribution < 1.29 is 4.79 Å². The molecule has 0 radical (unpaired) electrons. The zero-order chi connectivity index (χ0) is 14.4. The Bertz CT molecular complexity index is 432. The minimum Gasteiger partial charge on any atom is -0.398 e. The second kappa shape index (κ2) is 7.53. The van der Waals surface area contributed by atoms with Crippen LogP contribution in [0.2, 0.25) is 0 Å². The Balaban J connectivity index is 2.83. The summed E-state index contributed by atoms with van der Waals surface area (Å²) in [5.41, 5.74) is 7.09. The molecule has 0 saturated heterocycles. The van der Waals surface area contributed by atoms with Gasteiger partial charge in [-0.05, 0) is 54.4 Å². The second-order valence-corrected chi connectivity index (χ2v) is 5.89. The van der Waals surface area contributed by atoms with Crippen LogP contribution in [0.25, 0.3) is 0 Å². The van der Waals surface area contributed by atoms with Crippen LogP contribution in [-0.2, 0) is 0 Å². The van der Waals surface area contributed by atoms with Crippen LogP contribution in [-0.4, -0.2) is 23.4 Å². The number of nitrogens with zero attached hydrogens (tertiary/aromatic N) is 1. The number of carbonyl (C=O) groups excluding carboxylic acids is 1. The lowest BCUT2D eigenvalue weighted by molar-refractivity contribution is 0.0702. The Morgan fingerprint density at radius 3 is 2.58 bits per heavy atom. The fourth-order valence-electron chi connectivity index (χ4n) is 1.95. The van der Waals surface area contributed by atoms with E-state index in [2.05, 4.69) is 36.7 Å². The van der Waals surface area contributed by atoms with E-state index < -0.39 is 0 Å². The van der Waals surface area contributed by atoms with Gasteiger partial charge in [0.1, 0.15) is 0 Å². The zero-order valence-electron chi connectivity index (χ0n) is 11.9. The van der Waals surface area contributed by atoms with Crippen molar-refractivity contribution in [2.45, 2.75) is 46.1 Å². The van der Waals surface area contributed by atoms with Gasteiger partial charge in [-0.3, -0.25) is 4.79 Å². The van der Waals surface area contributed by atoms with Gasteiger partial charge in [-0.15, -0.1) is 0 Å². The molecule has 0 saturated carbocycles. The van der Waals surface area contributed by atoms with Gasteiger partial charge in [-0.1, -0.05) is 19.8 Å². The molecule has 0 aliphatic rings. The van der Waals surface area contributed by atoms with Gasteiger partial charge in [-0.25, -0.2) is 0 Å². The number of benzene rings is 1. The molecule has 0 aliphatic heterocycles. The zero-order valence-corrected chi connectivity index (χ0v) is 13.5. The average molecular weight is 327 g/mol. The van der Waals surface area contributed by atoms with Crippen molar-refractivity contribution >= 4 is 27.5 Å². The van der Waals surface area contributed by atoms with Crippen LogP contribution in [0.4, 0.5) is 5.69 Å². The molecule has 4 heteroatoms. The van der Waals surface area contributed by atoms with E-state index in [9.17, 15) is 4.79 Å². The summed E-state index contributed by atoms with van der Waals surface area (Å²) in [7, 11) is 0. The van der Waals surface area contributed by atoms with Gasteiger partial charge in [0.05, 0.1) is 0 Å². The highest BCUT2D eigenvalue weighted by molar-refractivity contribution is 9.10. The van der Waals surface area contributed by atoms with Crippen molar-refractivity contribution in [1.82, 2.24) is 4.90 Å². The first-order valence-corrected chi connectivity index (χ1v) is 7.62. The first-order valence-electron chi connectivity index (χ1n) is 6.83. The molecular weight excluding hydrogens is 304 g/mol. The summed E-state index contributed by atoms with van der Waals surface area (Å²) in [5, 5.41) is 0. The van der Waals surface area contributed by atoms with Crippen molar-refractivity contribution in [3.8, 4) is 0 Å². The van der Waals surface area contributed by atoms with E-state index in [-0.39, 0.29) is 11.9 Å². The lowest BCUT2D eigenvalue weighted by Crippen LogP contribution is -2.37. The summed E-state index contributed by atoms with van der Waals surface area (Å²) in [4.78, 5) is 14.4. The Morgan fingerprint density at radius 2 is 2.05 bits per heavy atom. The van der Waals surface area contributed by atoms with Crippen LogP contribution in [0.5, 0.6) is 0 Å². The van der Waals surface area contributed by atoms with Crippen LogP contribution in [0.1, 0.15) is 50.4 Å². The molecule has 0 unspecified atom stereocenters. The van der Waals surface area contributed by atoms with Gasteiger partial charge in [-0.2, -0.15) is 0 Å². The smallest absolute Gasteiger partial charge is 0.254 e. The first kappa shape index (κ1) is 16.0. The van der Waals surface area contributed by atoms with Crippen LogP contribution < -0.4 is 5.73 Å². The molecule has 3 nitrogen and oxygen atoms in total. The van der Waals surface area contributed by atoms with Crippen LogP contribution >= 0.6 is 15.9 Å². The quantitative estimate of drug-likeness (QED) is 0.632. The van der Waals surface area contributed by atoms with E-state index in [4.69, 9.17) is 5.73 Å². The molecule has 0 aromatic heterocycles. The number of nitrogens with two attached hydrogens (primary N) is 1.